The molecule has 4 nitrogen and oxygen atoms in total. The van der Waals surface area contributed by atoms with E-state index in [2.05, 4.69) is 5.32 Å². The second kappa shape index (κ2) is 6.84. The molecule has 1 aliphatic carbocycles. The molecule has 2 rings (SSSR count). The number of ether oxygens (including phenoxy) is 1. The Hall–Kier alpha value is -1.42. The number of benzene rings is 1. The van der Waals surface area contributed by atoms with Crippen LogP contribution in [0.4, 0.5) is 0 Å². The third kappa shape index (κ3) is 3.79. The van der Waals surface area contributed by atoms with Crippen molar-refractivity contribution in [1.29, 1.82) is 0 Å². The summed E-state index contributed by atoms with van der Waals surface area (Å²) in [7, 11) is 1.47. The summed E-state index contributed by atoms with van der Waals surface area (Å²) in [6.07, 6.45) is 4.25. The number of carbonyl (C=O) groups is 1. The molecule has 1 fully saturated rings. The maximum atomic E-state index is 12.0. The fraction of sp³-hybridized carbons (Fsp3) is 0.533. The van der Waals surface area contributed by atoms with Gasteiger partial charge < -0.3 is 15.2 Å². The first-order chi connectivity index (χ1) is 9.60. The van der Waals surface area contributed by atoms with Gasteiger partial charge in [0, 0.05) is 17.5 Å². The summed E-state index contributed by atoms with van der Waals surface area (Å²) in [5, 5.41) is 12.8. The molecule has 110 valence electrons. The lowest BCUT2D eigenvalue weighted by molar-refractivity contribution is 0.0943. The Kier molecular flexibility index (Phi) is 5.12. The van der Waals surface area contributed by atoms with Gasteiger partial charge in [0.15, 0.2) is 11.5 Å². The standard InChI is InChI=1S/C15H20ClNO3/c1-20-14-6-5-11(8-13(14)18)15(19)17-9-10-3-2-4-12(16)7-10/h5-6,8,10,12,18H,2-4,7,9H2,1H3,(H,17,19). The lowest BCUT2D eigenvalue weighted by Crippen LogP contribution is -2.32. The molecular formula is C15H20ClNO3. The highest BCUT2D eigenvalue weighted by Crippen LogP contribution is 2.28. The minimum atomic E-state index is -0.181. The van der Waals surface area contributed by atoms with Crippen LogP contribution in [0.2, 0.25) is 0 Å². The summed E-state index contributed by atoms with van der Waals surface area (Å²) >= 11 is 6.14. The molecule has 0 heterocycles. The van der Waals surface area contributed by atoms with Crippen molar-refractivity contribution in [2.24, 2.45) is 5.92 Å². The summed E-state index contributed by atoms with van der Waals surface area (Å²) in [6.45, 7) is 0.634. The largest absolute Gasteiger partial charge is 0.504 e. The third-order valence-electron chi connectivity index (χ3n) is 3.71. The number of amides is 1. The molecule has 20 heavy (non-hydrogen) atoms. The van der Waals surface area contributed by atoms with Crippen LogP contribution >= 0.6 is 11.6 Å². The lowest BCUT2D eigenvalue weighted by Gasteiger charge is -2.25. The zero-order chi connectivity index (χ0) is 14.5. The van der Waals surface area contributed by atoms with Crippen molar-refractivity contribution >= 4 is 17.5 Å². The predicted octanol–water partition coefficient (Wildman–Crippen LogP) is 2.93. The van der Waals surface area contributed by atoms with E-state index in [1.165, 1.54) is 13.2 Å². The van der Waals surface area contributed by atoms with Gasteiger partial charge in [-0.3, -0.25) is 4.79 Å². The second-order valence-corrected chi connectivity index (χ2v) is 5.84. The first-order valence-corrected chi connectivity index (χ1v) is 7.33. The summed E-state index contributed by atoms with van der Waals surface area (Å²) in [5.41, 5.74) is 0.432. The fourth-order valence-electron chi connectivity index (χ4n) is 2.58. The highest BCUT2D eigenvalue weighted by Gasteiger charge is 2.21. The van der Waals surface area contributed by atoms with Gasteiger partial charge >= 0.3 is 0 Å². The molecule has 2 N–H and O–H groups in total. The van der Waals surface area contributed by atoms with Crippen LogP contribution in [-0.4, -0.2) is 30.0 Å². The Labute approximate surface area is 124 Å². The number of rotatable bonds is 4. The third-order valence-corrected chi connectivity index (χ3v) is 4.11. The van der Waals surface area contributed by atoms with Gasteiger partial charge in [0.05, 0.1) is 7.11 Å². The Morgan fingerprint density at radius 3 is 2.95 bits per heavy atom. The van der Waals surface area contributed by atoms with E-state index in [0.29, 0.717) is 23.8 Å². The van der Waals surface area contributed by atoms with Crippen molar-refractivity contribution in [1.82, 2.24) is 5.32 Å². The van der Waals surface area contributed by atoms with Crippen LogP contribution in [0.3, 0.4) is 0 Å². The van der Waals surface area contributed by atoms with E-state index >= 15 is 0 Å². The number of hydrogen-bond acceptors (Lipinski definition) is 3. The Balaban J connectivity index is 1.90. The van der Waals surface area contributed by atoms with Gasteiger partial charge in [-0.1, -0.05) is 6.42 Å². The average molecular weight is 298 g/mol. The molecular weight excluding hydrogens is 278 g/mol. The van der Waals surface area contributed by atoms with E-state index < -0.39 is 0 Å². The van der Waals surface area contributed by atoms with Crippen molar-refractivity contribution in [2.45, 2.75) is 31.1 Å². The molecule has 0 saturated heterocycles. The lowest BCUT2D eigenvalue weighted by atomic mass is 9.89. The van der Waals surface area contributed by atoms with Crippen molar-refractivity contribution in [2.75, 3.05) is 13.7 Å². The molecule has 0 aliphatic heterocycles. The monoisotopic (exact) mass is 297 g/mol. The minimum absolute atomic E-state index is 0.0290. The molecule has 1 aliphatic rings. The summed E-state index contributed by atoms with van der Waals surface area (Å²) in [6, 6.07) is 4.64. The van der Waals surface area contributed by atoms with Crippen LogP contribution in [0.15, 0.2) is 18.2 Å². The average Bonchev–Trinajstić information content (AvgIpc) is 2.44. The molecule has 0 bridgehead atoms. The SMILES string of the molecule is COc1ccc(C(=O)NCC2CCCC(Cl)C2)cc1O. The van der Waals surface area contributed by atoms with Gasteiger partial charge in [-0.2, -0.15) is 0 Å². The van der Waals surface area contributed by atoms with E-state index in [1.54, 1.807) is 12.1 Å². The predicted molar refractivity (Wildman–Crippen MR) is 78.6 cm³/mol. The van der Waals surface area contributed by atoms with E-state index in [1.807, 2.05) is 0 Å². The highest BCUT2D eigenvalue weighted by molar-refractivity contribution is 6.20. The number of carbonyl (C=O) groups excluding carboxylic acids is 1. The van der Waals surface area contributed by atoms with Crippen LogP contribution in [0.5, 0.6) is 11.5 Å². The molecule has 0 radical (unpaired) electrons. The number of aromatic hydroxyl groups is 1. The zero-order valence-corrected chi connectivity index (χ0v) is 12.3. The van der Waals surface area contributed by atoms with Crippen molar-refractivity contribution in [3.05, 3.63) is 23.8 Å². The number of hydrogen-bond donors (Lipinski definition) is 2. The van der Waals surface area contributed by atoms with E-state index in [-0.39, 0.29) is 17.0 Å². The summed E-state index contributed by atoms with van der Waals surface area (Å²) in [5.74, 6) is 0.596. The zero-order valence-electron chi connectivity index (χ0n) is 11.6. The molecule has 1 aromatic carbocycles. The smallest absolute Gasteiger partial charge is 0.251 e. The number of phenols is 1. The quantitative estimate of drug-likeness (QED) is 0.840. The first-order valence-electron chi connectivity index (χ1n) is 6.89. The summed E-state index contributed by atoms with van der Waals surface area (Å²) in [4.78, 5) is 12.0. The molecule has 1 aromatic rings. The molecule has 2 atom stereocenters. The van der Waals surface area contributed by atoms with Gasteiger partial charge in [0.25, 0.3) is 5.91 Å². The topological polar surface area (TPSA) is 58.6 Å². The molecule has 1 amide bonds. The van der Waals surface area contributed by atoms with Gasteiger partial charge in [0.2, 0.25) is 0 Å². The van der Waals surface area contributed by atoms with E-state index in [4.69, 9.17) is 16.3 Å². The van der Waals surface area contributed by atoms with Crippen molar-refractivity contribution in [3.8, 4) is 11.5 Å². The number of halogens is 1. The number of alkyl halides is 1. The van der Waals surface area contributed by atoms with Crippen LogP contribution in [0, 0.1) is 5.92 Å². The van der Waals surface area contributed by atoms with Gasteiger partial charge in [-0.25, -0.2) is 0 Å². The van der Waals surface area contributed by atoms with Crippen LogP contribution < -0.4 is 10.1 Å². The maximum absolute atomic E-state index is 12.0. The molecule has 2 unspecified atom stereocenters. The van der Waals surface area contributed by atoms with Gasteiger partial charge in [-0.15, -0.1) is 11.6 Å². The van der Waals surface area contributed by atoms with Gasteiger partial charge in [-0.05, 0) is 43.4 Å². The van der Waals surface area contributed by atoms with Crippen molar-refractivity contribution in [3.63, 3.8) is 0 Å². The van der Waals surface area contributed by atoms with Crippen LogP contribution in [0.1, 0.15) is 36.0 Å². The molecule has 5 heteroatoms. The number of methoxy groups -OCH3 is 1. The molecule has 0 spiro atoms. The number of phenolic OH excluding ortho intramolecular Hbond substituents is 1. The normalized spacial score (nSPS) is 22.3. The minimum Gasteiger partial charge on any atom is -0.504 e. The van der Waals surface area contributed by atoms with Gasteiger partial charge in [0.1, 0.15) is 0 Å². The molecule has 0 aromatic heterocycles. The fourth-order valence-corrected chi connectivity index (χ4v) is 2.99. The Morgan fingerprint density at radius 1 is 1.50 bits per heavy atom. The van der Waals surface area contributed by atoms with Crippen LogP contribution in [-0.2, 0) is 0 Å². The highest BCUT2D eigenvalue weighted by atomic mass is 35.5. The van der Waals surface area contributed by atoms with E-state index in [9.17, 15) is 9.90 Å². The Morgan fingerprint density at radius 2 is 2.30 bits per heavy atom. The maximum Gasteiger partial charge on any atom is 0.251 e. The van der Waals surface area contributed by atoms with Crippen molar-refractivity contribution < 1.29 is 14.6 Å². The van der Waals surface area contributed by atoms with E-state index in [0.717, 1.165) is 25.7 Å². The Bertz CT molecular complexity index is 478. The summed E-state index contributed by atoms with van der Waals surface area (Å²) < 4.78 is 4.95. The first kappa shape index (κ1) is 15.0. The number of nitrogens with one attached hydrogen (secondary N) is 1. The van der Waals surface area contributed by atoms with Crippen LogP contribution in [0.25, 0.3) is 0 Å². The second-order valence-electron chi connectivity index (χ2n) is 5.23. The molecule has 1 saturated carbocycles.